The molecule has 90 valence electrons. The fourth-order valence-electron chi connectivity index (χ4n) is 1.30. The predicted octanol–water partition coefficient (Wildman–Crippen LogP) is 1.43. The van der Waals surface area contributed by atoms with Gasteiger partial charge in [-0.1, -0.05) is 6.07 Å². The van der Waals surface area contributed by atoms with Crippen molar-refractivity contribution < 1.29 is 4.74 Å². The molecule has 0 radical (unpaired) electrons. The molecule has 0 amide bonds. The first kappa shape index (κ1) is 12.9. The highest BCUT2D eigenvalue weighted by Crippen LogP contribution is 2.12. The molecule has 1 heterocycles. The van der Waals surface area contributed by atoms with Crippen LogP contribution >= 0.6 is 0 Å². The fourth-order valence-corrected chi connectivity index (χ4v) is 1.30. The van der Waals surface area contributed by atoms with Gasteiger partial charge in [0.15, 0.2) is 0 Å². The third kappa shape index (κ3) is 4.59. The number of aromatic nitrogens is 1. The molecule has 0 fully saturated rings. The third-order valence-electron chi connectivity index (χ3n) is 2.28. The van der Waals surface area contributed by atoms with Crippen molar-refractivity contribution in [2.75, 3.05) is 27.2 Å². The lowest BCUT2D eigenvalue weighted by atomic mass is 10.2. The Kier molecular flexibility index (Phi) is 5.22. The maximum absolute atomic E-state index is 5.73. The summed E-state index contributed by atoms with van der Waals surface area (Å²) >= 11 is 0. The van der Waals surface area contributed by atoms with Crippen LogP contribution in [0.5, 0.6) is 5.88 Å². The zero-order valence-corrected chi connectivity index (χ0v) is 10.3. The van der Waals surface area contributed by atoms with E-state index in [9.17, 15) is 0 Å². The molecule has 1 rings (SSSR count). The Morgan fingerprint density at radius 1 is 1.44 bits per heavy atom. The summed E-state index contributed by atoms with van der Waals surface area (Å²) in [4.78, 5) is 6.34. The van der Waals surface area contributed by atoms with Crippen molar-refractivity contribution in [2.24, 2.45) is 5.73 Å². The molecule has 4 nitrogen and oxygen atoms in total. The number of rotatable bonds is 6. The second-order valence-electron chi connectivity index (χ2n) is 4.22. The molecule has 0 aliphatic carbocycles. The molecule has 1 aromatic rings. The molecule has 0 aliphatic rings. The molecule has 2 N–H and O–H groups in total. The highest BCUT2D eigenvalue weighted by atomic mass is 16.5. The Morgan fingerprint density at radius 3 is 2.69 bits per heavy atom. The first-order valence-electron chi connectivity index (χ1n) is 5.58. The van der Waals surface area contributed by atoms with Gasteiger partial charge in [0.2, 0.25) is 5.88 Å². The van der Waals surface area contributed by atoms with Crippen LogP contribution < -0.4 is 10.5 Å². The Bertz CT molecular complexity index is 296. The molecular weight excluding hydrogens is 202 g/mol. The lowest BCUT2D eigenvalue weighted by Gasteiger charge is -2.10. The van der Waals surface area contributed by atoms with E-state index in [2.05, 4.69) is 24.0 Å². The molecule has 1 atom stereocenters. The van der Waals surface area contributed by atoms with Gasteiger partial charge in [-0.25, -0.2) is 4.98 Å². The molecule has 1 unspecified atom stereocenters. The fraction of sp³-hybridized carbons (Fsp3) is 0.583. The van der Waals surface area contributed by atoms with Crippen molar-refractivity contribution in [3.63, 3.8) is 0 Å². The first-order chi connectivity index (χ1) is 7.59. The van der Waals surface area contributed by atoms with E-state index >= 15 is 0 Å². The maximum Gasteiger partial charge on any atom is 0.213 e. The molecule has 16 heavy (non-hydrogen) atoms. The maximum atomic E-state index is 5.73. The van der Waals surface area contributed by atoms with Gasteiger partial charge in [0.1, 0.15) is 0 Å². The van der Waals surface area contributed by atoms with Gasteiger partial charge < -0.3 is 15.4 Å². The minimum Gasteiger partial charge on any atom is -0.478 e. The Morgan fingerprint density at radius 2 is 2.19 bits per heavy atom. The SMILES string of the molecule is CC(N)c1ccc(OCCCN(C)C)nc1. The van der Waals surface area contributed by atoms with Crippen LogP contribution in [-0.4, -0.2) is 37.1 Å². The van der Waals surface area contributed by atoms with Crippen molar-refractivity contribution in [1.29, 1.82) is 0 Å². The highest BCUT2D eigenvalue weighted by molar-refractivity contribution is 5.19. The van der Waals surface area contributed by atoms with Crippen LogP contribution in [0, 0.1) is 0 Å². The topological polar surface area (TPSA) is 51.4 Å². The van der Waals surface area contributed by atoms with Crippen LogP contribution in [-0.2, 0) is 0 Å². The van der Waals surface area contributed by atoms with E-state index in [0.717, 1.165) is 18.5 Å². The molecule has 4 heteroatoms. The van der Waals surface area contributed by atoms with Crippen LogP contribution in [0.1, 0.15) is 24.9 Å². The summed E-state index contributed by atoms with van der Waals surface area (Å²) in [5, 5.41) is 0. The van der Waals surface area contributed by atoms with E-state index in [-0.39, 0.29) is 6.04 Å². The van der Waals surface area contributed by atoms with Gasteiger partial charge in [-0.15, -0.1) is 0 Å². The zero-order chi connectivity index (χ0) is 12.0. The lowest BCUT2D eigenvalue weighted by Crippen LogP contribution is -2.15. The molecule has 0 saturated heterocycles. The standard InChI is InChI=1S/C12H21N3O/c1-10(13)11-5-6-12(14-9-11)16-8-4-7-15(2)3/h5-6,9-10H,4,7-8,13H2,1-3H3. The zero-order valence-electron chi connectivity index (χ0n) is 10.3. The van der Waals surface area contributed by atoms with E-state index in [4.69, 9.17) is 10.5 Å². The summed E-state index contributed by atoms with van der Waals surface area (Å²) in [6, 6.07) is 3.85. The normalized spacial score (nSPS) is 12.8. The molecular formula is C12H21N3O. The van der Waals surface area contributed by atoms with Gasteiger partial charge >= 0.3 is 0 Å². The minimum atomic E-state index is 0.0234. The summed E-state index contributed by atoms with van der Waals surface area (Å²) in [5.74, 6) is 0.670. The van der Waals surface area contributed by atoms with Crippen LogP contribution in [0.15, 0.2) is 18.3 Å². The van der Waals surface area contributed by atoms with Crippen LogP contribution in [0.25, 0.3) is 0 Å². The quantitative estimate of drug-likeness (QED) is 0.741. The predicted molar refractivity (Wildman–Crippen MR) is 65.5 cm³/mol. The number of ether oxygens (including phenoxy) is 1. The van der Waals surface area contributed by atoms with Gasteiger partial charge in [-0.05, 0) is 33.0 Å². The van der Waals surface area contributed by atoms with Crippen LogP contribution in [0.3, 0.4) is 0 Å². The van der Waals surface area contributed by atoms with Crippen LogP contribution in [0.4, 0.5) is 0 Å². The molecule has 0 spiro atoms. The lowest BCUT2D eigenvalue weighted by molar-refractivity contribution is 0.273. The Hall–Kier alpha value is -1.13. The van der Waals surface area contributed by atoms with E-state index in [1.807, 2.05) is 19.1 Å². The monoisotopic (exact) mass is 223 g/mol. The van der Waals surface area contributed by atoms with Gasteiger partial charge in [0, 0.05) is 24.8 Å². The second kappa shape index (κ2) is 6.45. The van der Waals surface area contributed by atoms with Crippen molar-refractivity contribution in [3.05, 3.63) is 23.9 Å². The number of hydrogen-bond acceptors (Lipinski definition) is 4. The highest BCUT2D eigenvalue weighted by Gasteiger charge is 2.00. The molecule has 0 bridgehead atoms. The molecule has 0 saturated carbocycles. The van der Waals surface area contributed by atoms with Crippen molar-refractivity contribution >= 4 is 0 Å². The largest absolute Gasteiger partial charge is 0.478 e. The van der Waals surface area contributed by atoms with E-state index in [0.29, 0.717) is 12.5 Å². The summed E-state index contributed by atoms with van der Waals surface area (Å²) < 4.78 is 5.51. The van der Waals surface area contributed by atoms with E-state index in [1.54, 1.807) is 6.20 Å². The summed E-state index contributed by atoms with van der Waals surface area (Å²) in [6.07, 6.45) is 2.77. The molecule has 0 aromatic carbocycles. The summed E-state index contributed by atoms with van der Waals surface area (Å²) in [7, 11) is 4.10. The molecule has 0 aliphatic heterocycles. The van der Waals surface area contributed by atoms with Crippen molar-refractivity contribution in [3.8, 4) is 5.88 Å². The van der Waals surface area contributed by atoms with Crippen molar-refractivity contribution in [1.82, 2.24) is 9.88 Å². The number of pyridine rings is 1. The number of nitrogens with zero attached hydrogens (tertiary/aromatic N) is 2. The Balaban J connectivity index is 2.32. The summed E-state index contributed by atoms with van der Waals surface area (Å²) in [5.41, 5.74) is 6.76. The smallest absolute Gasteiger partial charge is 0.213 e. The average Bonchev–Trinajstić information content (AvgIpc) is 2.25. The van der Waals surface area contributed by atoms with E-state index < -0.39 is 0 Å². The third-order valence-corrected chi connectivity index (χ3v) is 2.28. The number of hydrogen-bond donors (Lipinski definition) is 1. The molecule has 1 aromatic heterocycles. The van der Waals surface area contributed by atoms with Crippen molar-refractivity contribution in [2.45, 2.75) is 19.4 Å². The second-order valence-corrected chi connectivity index (χ2v) is 4.22. The minimum absolute atomic E-state index is 0.0234. The van der Waals surface area contributed by atoms with Gasteiger partial charge in [0.25, 0.3) is 0 Å². The Labute approximate surface area is 97.4 Å². The van der Waals surface area contributed by atoms with Gasteiger partial charge in [-0.3, -0.25) is 0 Å². The van der Waals surface area contributed by atoms with Crippen LogP contribution in [0.2, 0.25) is 0 Å². The van der Waals surface area contributed by atoms with Gasteiger partial charge in [0.05, 0.1) is 6.61 Å². The van der Waals surface area contributed by atoms with E-state index in [1.165, 1.54) is 0 Å². The summed E-state index contributed by atoms with van der Waals surface area (Å²) in [6.45, 7) is 3.66. The first-order valence-corrected chi connectivity index (χ1v) is 5.58. The van der Waals surface area contributed by atoms with Gasteiger partial charge in [-0.2, -0.15) is 0 Å². The number of nitrogens with two attached hydrogens (primary N) is 1. The average molecular weight is 223 g/mol.